The number of carbonyl (C=O) groups excluding carboxylic acids is 1. The van der Waals surface area contributed by atoms with Crippen molar-refractivity contribution in [1.29, 1.82) is 0 Å². The Hall–Kier alpha value is -1.73. The predicted molar refractivity (Wildman–Crippen MR) is 109 cm³/mol. The average Bonchev–Trinajstić information content (AvgIpc) is 2.65. The number of piperidine rings is 1. The van der Waals surface area contributed by atoms with Crippen LogP contribution in [0.15, 0.2) is 29.2 Å². The summed E-state index contributed by atoms with van der Waals surface area (Å²) in [6, 6.07) is 8.71. The van der Waals surface area contributed by atoms with Crippen LogP contribution >= 0.6 is 11.8 Å². The number of nitrogens with one attached hydrogen (secondary N) is 1. The Morgan fingerprint density at radius 3 is 2.48 bits per heavy atom. The lowest BCUT2D eigenvalue weighted by Crippen LogP contribution is -2.51. The summed E-state index contributed by atoms with van der Waals surface area (Å²) in [5.41, 5.74) is 1.24. The Morgan fingerprint density at radius 1 is 1.30 bits per heavy atom. The number of thioether (sulfide) groups is 1. The van der Waals surface area contributed by atoms with Crippen molar-refractivity contribution in [2.24, 2.45) is 0 Å². The minimum absolute atomic E-state index is 0.0215. The van der Waals surface area contributed by atoms with E-state index >= 15 is 0 Å². The van der Waals surface area contributed by atoms with Crippen LogP contribution in [0.1, 0.15) is 32.3 Å². The van der Waals surface area contributed by atoms with Gasteiger partial charge in [-0.2, -0.15) is 0 Å². The minimum atomic E-state index is -0.795. The van der Waals surface area contributed by atoms with E-state index in [2.05, 4.69) is 36.5 Å². The molecule has 7 heteroatoms. The molecular formula is C20H31N3O3S. The number of carbonyl (C=O) groups is 2. The van der Waals surface area contributed by atoms with Crippen LogP contribution in [-0.2, 0) is 4.79 Å². The number of nitrogens with zero attached hydrogens (tertiary/aromatic N) is 2. The van der Waals surface area contributed by atoms with Gasteiger partial charge in [-0.05, 0) is 45.4 Å². The molecule has 0 radical (unpaired) electrons. The number of carboxylic acid groups (broad SMARTS) is 1. The molecule has 1 aromatic carbocycles. The molecule has 0 spiro atoms. The van der Waals surface area contributed by atoms with Gasteiger partial charge >= 0.3 is 12.0 Å². The topological polar surface area (TPSA) is 72.9 Å². The third-order valence-corrected chi connectivity index (χ3v) is 6.18. The van der Waals surface area contributed by atoms with E-state index in [1.807, 2.05) is 23.6 Å². The summed E-state index contributed by atoms with van der Waals surface area (Å²) in [7, 11) is 0. The van der Waals surface area contributed by atoms with Crippen molar-refractivity contribution >= 4 is 23.8 Å². The molecule has 1 fully saturated rings. The van der Waals surface area contributed by atoms with Crippen molar-refractivity contribution in [3.63, 3.8) is 0 Å². The van der Waals surface area contributed by atoms with E-state index in [4.69, 9.17) is 5.11 Å². The molecule has 0 aromatic heterocycles. The molecule has 1 saturated heterocycles. The molecule has 1 aliphatic rings. The van der Waals surface area contributed by atoms with Crippen LogP contribution in [0.25, 0.3) is 0 Å². The summed E-state index contributed by atoms with van der Waals surface area (Å²) >= 11 is 1.74. The molecular weight excluding hydrogens is 362 g/mol. The van der Waals surface area contributed by atoms with Gasteiger partial charge in [0.2, 0.25) is 0 Å². The van der Waals surface area contributed by atoms with E-state index < -0.39 is 5.97 Å². The van der Waals surface area contributed by atoms with Gasteiger partial charge in [0.05, 0.1) is 6.54 Å². The number of likely N-dealkylation sites (N-methyl/N-ethyl adjacent to an activating group) is 1. The SMILES string of the molecule is CCN(CC(=O)O)C1CCN(C(=O)NC(C)CSc2ccc(C)cc2)CC1. The predicted octanol–water partition coefficient (Wildman–Crippen LogP) is 3.06. The second-order valence-corrected chi connectivity index (χ2v) is 8.24. The van der Waals surface area contributed by atoms with Gasteiger partial charge in [-0.1, -0.05) is 24.6 Å². The maximum atomic E-state index is 12.5. The molecule has 2 rings (SSSR count). The Morgan fingerprint density at radius 2 is 1.93 bits per heavy atom. The first kappa shape index (κ1) is 21.6. The quantitative estimate of drug-likeness (QED) is 0.664. The van der Waals surface area contributed by atoms with E-state index in [1.54, 1.807) is 11.8 Å². The summed E-state index contributed by atoms with van der Waals surface area (Å²) in [6.45, 7) is 8.21. The summed E-state index contributed by atoms with van der Waals surface area (Å²) in [5, 5.41) is 12.1. The Bertz CT molecular complexity index is 615. The minimum Gasteiger partial charge on any atom is -0.480 e. The van der Waals surface area contributed by atoms with Gasteiger partial charge in [-0.15, -0.1) is 11.8 Å². The third-order valence-electron chi connectivity index (χ3n) is 4.90. The molecule has 1 atom stereocenters. The van der Waals surface area contributed by atoms with Crippen LogP contribution < -0.4 is 5.32 Å². The zero-order valence-electron chi connectivity index (χ0n) is 16.5. The first-order chi connectivity index (χ1) is 12.9. The summed E-state index contributed by atoms with van der Waals surface area (Å²) in [6.07, 6.45) is 1.64. The van der Waals surface area contributed by atoms with Crippen molar-refractivity contribution < 1.29 is 14.7 Å². The highest BCUT2D eigenvalue weighted by Crippen LogP contribution is 2.20. The van der Waals surface area contributed by atoms with Crippen molar-refractivity contribution in [2.75, 3.05) is 31.9 Å². The average molecular weight is 394 g/mol. The number of aliphatic carboxylic acids is 1. The van der Waals surface area contributed by atoms with Gasteiger partial charge < -0.3 is 15.3 Å². The molecule has 1 heterocycles. The van der Waals surface area contributed by atoms with Crippen molar-refractivity contribution in [3.05, 3.63) is 29.8 Å². The fourth-order valence-corrected chi connectivity index (χ4v) is 4.16. The Labute approximate surface area is 166 Å². The number of rotatable bonds is 8. The fourth-order valence-electron chi connectivity index (χ4n) is 3.31. The molecule has 1 unspecified atom stereocenters. The highest BCUT2D eigenvalue weighted by Gasteiger charge is 2.27. The summed E-state index contributed by atoms with van der Waals surface area (Å²) < 4.78 is 0. The van der Waals surface area contributed by atoms with Gasteiger partial charge in [0.1, 0.15) is 0 Å². The number of carboxylic acids is 1. The standard InChI is InChI=1S/C20H31N3O3S/c1-4-22(13-19(24)25)17-9-11-23(12-10-17)20(26)21-16(3)14-27-18-7-5-15(2)6-8-18/h5-8,16-17H,4,9-14H2,1-3H3,(H,21,26)(H,24,25). The molecule has 1 aliphatic heterocycles. The lowest BCUT2D eigenvalue weighted by atomic mass is 10.0. The monoisotopic (exact) mass is 393 g/mol. The van der Waals surface area contributed by atoms with Crippen molar-refractivity contribution in [1.82, 2.24) is 15.1 Å². The largest absolute Gasteiger partial charge is 0.480 e. The van der Waals surface area contributed by atoms with Gasteiger partial charge in [-0.3, -0.25) is 9.69 Å². The molecule has 150 valence electrons. The summed E-state index contributed by atoms with van der Waals surface area (Å²) in [4.78, 5) is 28.5. The first-order valence-corrected chi connectivity index (χ1v) is 10.6. The molecule has 0 bridgehead atoms. The van der Waals surface area contributed by atoms with E-state index in [1.165, 1.54) is 10.5 Å². The van der Waals surface area contributed by atoms with Gasteiger partial charge in [-0.25, -0.2) is 4.79 Å². The van der Waals surface area contributed by atoms with Gasteiger partial charge in [0.15, 0.2) is 0 Å². The Kier molecular flexibility index (Phi) is 8.44. The van der Waals surface area contributed by atoms with Crippen LogP contribution in [0.3, 0.4) is 0 Å². The van der Waals surface area contributed by atoms with Crippen molar-refractivity contribution in [2.45, 2.75) is 50.6 Å². The first-order valence-electron chi connectivity index (χ1n) is 9.59. The zero-order chi connectivity index (χ0) is 19.8. The number of urea groups is 1. The highest BCUT2D eigenvalue weighted by molar-refractivity contribution is 7.99. The van der Waals surface area contributed by atoms with Gasteiger partial charge in [0, 0.05) is 35.8 Å². The van der Waals surface area contributed by atoms with E-state index in [-0.39, 0.29) is 24.7 Å². The van der Waals surface area contributed by atoms with Crippen LogP contribution in [0.4, 0.5) is 4.79 Å². The second-order valence-electron chi connectivity index (χ2n) is 7.15. The lowest BCUT2D eigenvalue weighted by molar-refractivity contribution is -0.139. The number of aryl methyl sites for hydroxylation is 1. The molecule has 0 saturated carbocycles. The maximum Gasteiger partial charge on any atom is 0.317 e. The third kappa shape index (κ3) is 7.07. The number of amides is 2. The number of benzene rings is 1. The second kappa shape index (κ2) is 10.6. The molecule has 2 N–H and O–H groups in total. The molecule has 6 nitrogen and oxygen atoms in total. The van der Waals surface area contributed by atoms with Gasteiger partial charge in [0.25, 0.3) is 0 Å². The van der Waals surface area contributed by atoms with E-state index in [0.29, 0.717) is 13.1 Å². The molecule has 2 amide bonds. The Balaban J connectivity index is 1.73. The van der Waals surface area contributed by atoms with E-state index in [9.17, 15) is 9.59 Å². The molecule has 1 aromatic rings. The molecule has 27 heavy (non-hydrogen) atoms. The lowest BCUT2D eigenvalue weighted by Gasteiger charge is -2.37. The van der Waals surface area contributed by atoms with Crippen LogP contribution in [0, 0.1) is 6.92 Å². The number of likely N-dealkylation sites (tertiary alicyclic amines) is 1. The van der Waals surface area contributed by atoms with Crippen molar-refractivity contribution in [3.8, 4) is 0 Å². The fraction of sp³-hybridized carbons (Fsp3) is 0.600. The molecule has 0 aliphatic carbocycles. The normalized spacial score (nSPS) is 16.4. The number of hydrogen-bond acceptors (Lipinski definition) is 4. The van der Waals surface area contributed by atoms with Crippen LogP contribution in [0.5, 0.6) is 0 Å². The number of hydrogen-bond donors (Lipinski definition) is 2. The zero-order valence-corrected chi connectivity index (χ0v) is 17.3. The smallest absolute Gasteiger partial charge is 0.317 e. The maximum absolute atomic E-state index is 12.5. The van der Waals surface area contributed by atoms with Crippen LogP contribution in [0.2, 0.25) is 0 Å². The summed E-state index contributed by atoms with van der Waals surface area (Å²) in [5.74, 6) is 0.0324. The highest BCUT2D eigenvalue weighted by atomic mass is 32.2. The van der Waals surface area contributed by atoms with Crippen LogP contribution in [-0.4, -0.2) is 70.9 Å². The van der Waals surface area contributed by atoms with E-state index in [0.717, 1.165) is 25.1 Å².